The number of benzene rings is 2. The Hall–Kier alpha value is -2.57. The van der Waals surface area contributed by atoms with Crippen molar-refractivity contribution in [3.8, 4) is 0 Å². The Morgan fingerprint density at radius 2 is 1.94 bits per heavy atom. The smallest absolute Gasteiger partial charge is 0.254 e. The quantitative estimate of drug-likeness (QED) is 0.528. The van der Waals surface area contributed by atoms with E-state index in [1.165, 1.54) is 36.2 Å². The molecule has 1 aliphatic carbocycles. The Balaban J connectivity index is 1.56. The molecule has 1 saturated heterocycles. The van der Waals surface area contributed by atoms with Crippen molar-refractivity contribution in [2.45, 2.75) is 39.8 Å². The second-order valence-corrected chi connectivity index (χ2v) is 9.72. The molecule has 0 bridgehead atoms. The third-order valence-corrected chi connectivity index (χ3v) is 7.36. The summed E-state index contributed by atoms with van der Waals surface area (Å²) in [6.07, 6.45) is 2.54. The number of fused-ring (bicyclic) bond motifs is 1. The molecule has 2 heterocycles. The van der Waals surface area contributed by atoms with Crippen LogP contribution in [-0.4, -0.2) is 41.6 Å². The first-order valence-corrected chi connectivity index (χ1v) is 12.1. The van der Waals surface area contributed by atoms with Gasteiger partial charge in [-0.1, -0.05) is 17.7 Å². The van der Waals surface area contributed by atoms with E-state index in [9.17, 15) is 9.18 Å². The molecule has 0 spiro atoms. The molecule has 3 aromatic rings. The van der Waals surface area contributed by atoms with Crippen LogP contribution in [0.15, 0.2) is 30.3 Å². The van der Waals surface area contributed by atoms with Crippen LogP contribution in [0.25, 0.3) is 10.9 Å². The van der Waals surface area contributed by atoms with Crippen molar-refractivity contribution < 1.29 is 9.18 Å². The lowest BCUT2D eigenvalue weighted by Gasteiger charge is -2.27. The average Bonchev–Trinajstić information content (AvgIpc) is 3.61. The van der Waals surface area contributed by atoms with Gasteiger partial charge in [0.05, 0.1) is 11.2 Å². The summed E-state index contributed by atoms with van der Waals surface area (Å²) in [4.78, 5) is 15.3. The number of carbonyl (C=O) groups excluding carboxylic acids is 1. The number of aromatic nitrogens is 1. The fourth-order valence-corrected chi connectivity index (χ4v) is 4.96. The highest BCUT2D eigenvalue weighted by molar-refractivity contribution is 6.31. The highest BCUT2D eigenvalue weighted by atomic mass is 35.5. The van der Waals surface area contributed by atoms with Crippen molar-refractivity contribution in [1.82, 2.24) is 14.8 Å². The number of hydrogen-bond acceptors (Lipinski definition) is 3. The zero-order valence-corrected chi connectivity index (χ0v) is 19.9. The lowest BCUT2D eigenvalue weighted by Crippen LogP contribution is -2.46. The monoisotopic (exact) mass is 468 g/mol. The fraction of sp³-hybridized carbons (Fsp3) is 0.423. The molecule has 2 aromatic carbocycles. The van der Waals surface area contributed by atoms with E-state index in [1.54, 1.807) is 6.07 Å². The van der Waals surface area contributed by atoms with Gasteiger partial charge in [0.25, 0.3) is 5.91 Å². The standard InChI is InChI=1S/C26H30ClFN4O/c1-16-17(2)32(15-18-3-4-18)25-22(16)11-20(26(33)31-9-7-29-8-10-31)12-24(25)30-14-19-5-6-21(28)13-23(19)27/h5-6,11-13,18,29-30H,3-4,7-10,14-15H2,1-2H3. The van der Waals surface area contributed by atoms with Crippen molar-refractivity contribution in [3.05, 3.63) is 63.6 Å². The minimum atomic E-state index is -0.348. The van der Waals surface area contributed by atoms with Gasteiger partial charge in [0.1, 0.15) is 5.82 Å². The minimum absolute atomic E-state index is 0.0632. The Kier molecular flexibility index (Phi) is 6.06. The van der Waals surface area contributed by atoms with Gasteiger partial charge in [-0.3, -0.25) is 4.79 Å². The van der Waals surface area contributed by atoms with Crippen LogP contribution >= 0.6 is 11.6 Å². The van der Waals surface area contributed by atoms with Crippen LogP contribution in [0.1, 0.15) is 40.0 Å². The van der Waals surface area contributed by atoms with Crippen LogP contribution in [0.3, 0.4) is 0 Å². The Labute approximate surface area is 198 Å². The maximum atomic E-state index is 13.5. The summed E-state index contributed by atoms with van der Waals surface area (Å²) in [7, 11) is 0. The molecule has 7 heteroatoms. The van der Waals surface area contributed by atoms with Crippen LogP contribution in [0.4, 0.5) is 10.1 Å². The molecule has 174 valence electrons. The molecule has 1 saturated carbocycles. The molecule has 1 aromatic heterocycles. The minimum Gasteiger partial charge on any atom is -0.379 e. The summed E-state index contributed by atoms with van der Waals surface area (Å²) < 4.78 is 15.9. The van der Waals surface area contributed by atoms with Gasteiger partial charge in [-0.2, -0.15) is 0 Å². The number of amides is 1. The van der Waals surface area contributed by atoms with Crippen molar-refractivity contribution in [3.63, 3.8) is 0 Å². The van der Waals surface area contributed by atoms with E-state index >= 15 is 0 Å². The van der Waals surface area contributed by atoms with E-state index in [0.29, 0.717) is 30.2 Å². The Bertz CT molecular complexity index is 1210. The van der Waals surface area contributed by atoms with Crippen molar-refractivity contribution in [2.75, 3.05) is 31.5 Å². The van der Waals surface area contributed by atoms with Gasteiger partial charge >= 0.3 is 0 Å². The lowest BCUT2D eigenvalue weighted by molar-refractivity contribution is 0.0736. The number of hydrogen-bond donors (Lipinski definition) is 2. The third kappa shape index (κ3) is 4.46. The molecular weight excluding hydrogens is 439 g/mol. The maximum Gasteiger partial charge on any atom is 0.254 e. The molecule has 0 unspecified atom stereocenters. The van der Waals surface area contributed by atoms with Gasteiger partial charge in [0.2, 0.25) is 0 Å². The highest BCUT2D eigenvalue weighted by Crippen LogP contribution is 2.38. The van der Waals surface area contributed by atoms with Crippen LogP contribution in [0.2, 0.25) is 5.02 Å². The summed E-state index contributed by atoms with van der Waals surface area (Å²) >= 11 is 6.28. The number of rotatable bonds is 6. The summed E-state index contributed by atoms with van der Waals surface area (Å²) in [5.41, 5.74) is 6.02. The number of halogens is 2. The van der Waals surface area contributed by atoms with E-state index in [1.807, 2.05) is 11.0 Å². The largest absolute Gasteiger partial charge is 0.379 e. The predicted molar refractivity (Wildman–Crippen MR) is 132 cm³/mol. The van der Waals surface area contributed by atoms with Crippen LogP contribution in [0.5, 0.6) is 0 Å². The molecule has 5 nitrogen and oxygen atoms in total. The van der Waals surface area contributed by atoms with Gasteiger partial charge in [-0.05, 0) is 68.0 Å². The number of nitrogens with zero attached hydrogens (tertiary/aromatic N) is 2. The average molecular weight is 469 g/mol. The molecule has 2 aliphatic rings. The second-order valence-electron chi connectivity index (χ2n) is 9.32. The summed E-state index contributed by atoms with van der Waals surface area (Å²) in [6.45, 7) is 8.81. The van der Waals surface area contributed by atoms with Crippen LogP contribution in [0, 0.1) is 25.6 Å². The van der Waals surface area contributed by atoms with E-state index in [-0.39, 0.29) is 11.7 Å². The number of nitrogens with one attached hydrogen (secondary N) is 2. The molecule has 33 heavy (non-hydrogen) atoms. The molecular formula is C26H30ClFN4O. The van der Waals surface area contributed by atoms with E-state index in [0.717, 1.165) is 47.7 Å². The molecule has 0 atom stereocenters. The van der Waals surface area contributed by atoms with Gasteiger partial charge in [-0.15, -0.1) is 0 Å². The van der Waals surface area contributed by atoms with Gasteiger partial charge in [-0.25, -0.2) is 4.39 Å². The SMILES string of the molecule is Cc1c(C)n(CC2CC2)c2c(NCc3ccc(F)cc3Cl)cc(C(=O)N3CCNCC3)cc12. The van der Waals surface area contributed by atoms with Gasteiger partial charge in [0.15, 0.2) is 0 Å². The Morgan fingerprint density at radius 1 is 1.18 bits per heavy atom. The van der Waals surface area contributed by atoms with E-state index in [4.69, 9.17) is 11.6 Å². The summed E-state index contributed by atoms with van der Waals surface area (Å²) in [5.74, 6) is 0.438. The topological polar surface area (TPSA) is 49.3 Å². The van der Waals surface area contributed by atoms with E-state index < -0.39 is 0 Å². The molecule has 2 fully saturated rings. The number of aryl methyl sites for hydroxylation is 1. The maximum absolute atomic E-state index is 13.5. The first-order valence-electron chi connectivity index (χ1n) is 11.7. The third-order valence-electron chi connectivity index (χ3n) is 7.00. The predicted octanol–water partition coefficient (Wildman–Crippen LogP) is 5.12. The van der Waals surface area contributed by atoms with Crippen LogP contribution in [-0.2, 0) is 13.1 Å². The Morgan fingerprint density at radius 3 is 2.64 bits per heavy atom. The molecule has 2 N–H and O–H groups in total. The van der Waals surface area contributed by atoms with Crippen molar-refractivity contribution >= 4 is 34.1 Å². The fourth-order valence-electron chi connectivity index (χ4n) is 4.73. The molecule has 0 radical (unpaired) electrons. The van der Waals surface area contributed by atoms with Gasteiger partial charge < -0.3 is 20.1 Å². The zero-order valence-electron chi connectivity index (χ0n) is 19.2. The van der Waals surface area contributed by atoms with Gasteiger partial charge in [0, 0.05) is 60.9 Å². The molecule has 1 amide bonds. The lowest BCUT2D eigenvalue weighted by atomic mass is 10.1. The summed E-state index contributed by atoms with van der Waals surface area (Å²) in [6, 6.07) is 8.50. The number of carbonyl (C=O) groups is 1. The number of anilines is 1. The van der Waals surface area contributed by atoms with Crippen molar-refractivity contribution in [1.29, 1.82) is 0 Å². The summed E-state index contributed by atoms with van der Waals surface area (Å²) in [5, 5.41) is 8.34. The second kappa shape index (κ2) is 8.99. The molecule has 5 rings (SSSR count). The first kappa shape index (κ1) is 22.2. The highest BCUT2D eigenvalue weighted by Gasteiger charge is 2.26. The van der Waals surface area contributed by atoms with Crippen LogP contribution < -0.4 is 10.6 Å². The van der Waals surface area contributed by atoms with E-state index in [2.05, 4.69) is 35.1 Å². The first-order chi connectivity index (χ1) is 15.9. The normalized spacial score (nSPS) is 16.4. The van der Waals surface area contributed by atoms with Crippen molar-refractivity contribution in [2.24, 2.45) is 5.92 Å². The zero-order chi connectivity index (χ0) is 23.1. The molecule has 1 aliphatic heterocycles. The number of piperazine rings is 1.